The number of phosphoric ester groups is 1. The molecule has 0 radical (unpaired) electrons. The van der Waals surface area contributed by atoms with Crippen molar-refractivity contribution >= 4 is 31.8 Å². The predicted octanol–water partition coefficient (Wildman–Crippen LogP) is 9.68. The van der Waals surface area contributed by atoms with Crippen molar-refractivity contribution in [1.29, 1.82) is 0 Å². The summed E-state index contributed by atoms with van der Waals surface area (Å²) in [7, 11) is -4.21. The average Bonchev–Trinajstić information content (AvgIpc) is 3.75. The number of methoxy groups -OCH3 is 1. The quantitative estimate of drug-likeness (QED) is 0.0408. The molecule has 1 aliphatic heterocycles. The van der Waals surface area contributed by atoms with Crippen LogP contribution in [-0.2, 0) is 54.6 Å². The summed E-state index contributed by atoms with van der Waals surface area (Å²) in [5.41, 5.74) is 2.90. The fraction of sp³-hybridized carbons (Fsp3) is 0.361. The van der Waals surface area contributed by atoms with E-state index in [2.05, 4.69) is 20.9 Å². The van der Waals surface area contributed by atoms with Gasteiger partial charge >= 0.3 is 19.9 Å². The zero-order valence-electron chi connectivity index (χ0n) is 45.0. The Morgan fingerprint density at radius 3 is 1.68 bits per heavy atom. The molecular formula is C61H73N6O9P. The van der Waals surface area contributed by atoms with Crippen LogP contribution < -0.4 is 16.0 Å². The Balaban J connectivity index is 1.42. The van der Waals surface area contributed by atoms with Crippen molar-refractivity contribution in [1.82, 2.24) is 30.7 Å². The van der Waals surface area contributed by atoms with Gasteiger partial charge in [0.2, 0.25) is 11.8 Å². The summed E-state index contributed by atoms with van der Waals surface area (Å²) in [6.45, 7) is 12.0. The number of nitrogens with one attached hydrogen (secondary N) is 3. The number of phosphoric acid groups is 1. The first kappa shape index (κ1) is 57.5. The largest absolute Gasteiger partial charge is 0.469 e. The highest BCUT2D eigenvalue weighted by atomic mass is 31.2. The van der Waals surface area contributed by atoms with E-state index in [1.165, 1.54) is 7.11 Å². The van der Waals surface area contributed by atoms with Crippen LogP contribution in [0, 0.1) is 10.8 Å². The van der Waals surface area contributed by atoms with E-state index in [0.29, 0.717) is 13.1 Å². The van der Waals surface area contributed by atoms with Crippen molar-refractivity contribution in [3.8, 4) is 11.3 Å². The van der Waals surface area contributed by atoms with Crippen LogP contribution >= 0.6 is 7.82 Å². The van der Waals surface area contributed by atoms with E-state index in [1.54, 1.807) is 16.0 Å². The smallest absolute Gasteiger partial charge is 0.453 e. The molecule has 16 heteroatoms. The number of carbonyl (C=O) groups excluding carboxylic acids is 4. The van der Waals surface area contributed by atoms with E-state index in [0.717, 1.165) is 39.1 Å². The molecule has 0 unspecified atom stereocenters. The van der Waals surface area contributed by atoms with E-state index in [4.69, 9.17) is 9.26 Å². The molecule has 5 atom stereocenters. The second kappa shape index (κ2) is 25.3. The number of carbonyl (C=O) groups is 4. The Kier molecular flexibility index (Phi) is 18.9. The predicted molar refractivity (Wildman–Crippen MR) is 298 cm³/mol. The van der Waals surface area contributed by atoms with Gasteiger partial charge in [0.25, 0.3) is 0 Å². The Hall–Kier alpha value is -7.16. The maximum absolute atomic E-state index is 15.4. The van der Waals surface area contributed by atoms with Gasteiger partial charge in [-0.1, -0.05) is 193 Å². The van der Waals surface area contributed by atoms with E-state index < -0.39 is 72.2 Å². The Morgan fingerprint density at radius 2 is 1.18 bits per heavy atom. The number of alkyl carbamates (subject to hydrolysis) is 1. The SMILES string of the molecule is COC(=O)N[C@H](C(=O)N[C@@H](C[C@H](OP(=O)(O)O)[C@H](Cc1ccccc1)NC(=O)[C@@H](N1CCN(Cc2ccccc2)C1=O)C(C)(C)C)C(Cc1ccccc1)(Cc1ccccc1)c1ccc(-c2ccccn2)cc1)C(C)(C)C. The average molecular weight is 1070 g/mol. The Morgan fingerprint density at radius 1 is 0.649 bits per heavy atom. The van der Waals surface area contributed by atoms with Gasteiger partial charge < -0.3 is 40.3 Å². The molecule has 0 spiro atoms. The molecule has 0 aliphatic carbocycles. The second-order valence-electron chi connectivity index (χ2n) is 22.1. The lowest BCUT2D eigenvalue weighted by Crippen LogP contribution is -2.62. The van der Waals surface area contributed by atoms with E-state index in [-0.39, 0.29) is 38.3 Å². The van der Waals surface area contributed by atoms with Gasteiger partial charge in [-0.3, -0.25) is 19.1 Å². The molecule has 0 bridgehead atoms. The van der Waals surface area contributed by atoms with Gasteiger partial charge in [-0.05, 0) is 76.5 Å². The molecule has 1 aromatic heterocycles. The minimum absolute atomic E-state index is 0.0283. The van der Waals surface area contributed by atoms with Gasteiger partial charge in [-0.2, -0.15) is 0 Å². The van der Waals surface area contributed by atoms with E-state index in [1.807, 2.05) is 205 Å². The highest BCUT2D eigenvalue weighted by Crippen LogP contribution is 2.44. The number of amides is 5. The first-order valence-electron chi connectivity index (χ1n) is 26.1. The number of hydrogen-bond donors (Lipinski definition) is 5. The molecule has 77 heavy (non-hydrogen) atoms. The number of hydrogen-bond acceptors (Lipinski definition) is 8. The van der Waals surface area contributed by atoms with Crippen LogP contribution in [-0.4, -0.2) is 99.0 Å². The van der Waals surface area contributed by atoms with Gasteiger partial charge in [0.15, 0.2) is 0 Å². The number of aromatic nitrogens is 1. The number of nitrogens with zero attached hydrogens (tertiary/aromatic N) is 3. The summed E-state index contributed by atoms with van der Waals surface area (Å²) in [4.78, 5) is 88.2. The molecule has 6 aromatic rings. The lowest BCUT2D eigenvalue weighted by molar-refractivity contribution is -0.131. The van der Waals surface area contributed by atoms with Crippen molar-refractivity contribution in [3.63, 3.8) is 0 Å². The third-order valence-electron chi connectivity index (χ3n) is 14.2. The third kappa shape index (κ3) is 15.5. The van der Waals surface area contributed by atoms with Crippen molar-refractivity contribution in [3.05, 3.63) is 198 Å². The molecule has 2 heterocycles. The summed E-state index contributed by atoms with van der Waals surface area (Å²) >= 11 is 0. The molecule has 5 N–H and O–H groups in total. The van der Waals surface area contributed by atoms with Crippen LogP contribution in [0.4, 0.5) is 9.59 Å². The summed E-state index contributed by atoms with van der Waals surface area (Å²) < 4.78 is 24.7. The number of benzene rings is 5. The van der Waals surface area contributed by atoms with Crippen LogP contribution in [0.3, 0.4) is 0 Å². The van der Waals surface area contributed by atoms with Gasteiger partial charge in [0.1, 0.15) is 12.1 Å². The zero-order valence-corrected chi connectivity index (χ0v) is 45.9. The van der Waals surface area contributed by atoms with Crippen LogP contribution in [0.5, 0.6) is 0 Å². The molecule has 1 fully saturated rings. The van der Waals surface area contributed by atoms with Crippen LogP contribution in [0.2, 0.25) is 0 Å². The maximum Gasteiger partial charge on any atom is 0.469 e. The number of urea groups is 1. The van der Waals surface area contributed by atoms with Crippen molar-refractivity contribution in [2.75, 3.05) is 20.2 Å². The first-order chi connectivity index (χ1) is 36.6. The molecule has 406 valence electrons. The van der Waals surface area contributed by atoms with Crippen molar-refractivity contribution in [2.24, 2.45) is 10.8 Å². The number of rotatable bonds is 22. The van der Waals surface area contributed by atoms with E-state index in [9.17, 15) is 23.9 Å². The fourth-order valence-electron chi connectivity index (χ4n) is 10.6. The van der Waals surface area contributed by atoms with Gasteiger partial charge in [0.05, 0.1) is 24.9 Å². The van der Waals surface area contributed by atoms with Gasteiger partial charge in [0, 0.05) is 42.9 Å². The minimum Gasteiger partial charge on any atom is -0.453 e. The molecule has 1 saturated heterocycles. The van der Waals surface area contributed by atoms with Crippen LogP contribution in [0.15, 0.2) is 170 Å². The summed E-state index contributed by atoms with van der Waals surface area (Å²) in [6, 6.07) is 47.1. The standard InChI is InChI=1S/C61H73N6O9P/c1-59(2,3)53(65-57(70)75-7)55(68)64-52(61(40-44-24-14-9-15-25-44,41-45-26-16-10-17-27-45)48-33-31-47(32-34-48)49-30-20-21-35-62-49)39-51(76-77(72,73)74)50(38-43-22-12-8-13-23-43)63-56(69)54(60(4,5)6)67-37-36-66(58(67)71)42-46-28-18-11-19-29-46/h8-35,50-54H,36-42H2,1-7H3,(H,63,69)(H,64,68)(H,65,70)(H2,72,73,74)/t50-,51-,52-,53+,54+/m0/s1. The summed E-state index contributed by atoms with van der Waals surface area (Å²) in [6.07, 6.45) is -0.334. The lowest BCUT2D eigenvalue weighted by atomic mass is 9.64. The minimum atomic E-state index is -5.42. The normalized spacial score (nSPS) is 15.2. The number of pyridine rings is 1. The monoisotopic (exact) mass is 1060 g/mol. The summed E-state index contributed by atoms with van der Waals surface area (Å²) in [5, 5.41) is 9.31. The highest BCUT2D eigenvalue weighted by molar-refractivity contribution is 7.46. The third-order valence-corrected chi connectivity index (χ3v) is 14.8. The van der Waals surface area contributed by atoms with Gasteiger partial charge in [-0.15, -0.1) is 0 Å². The molecule has 7 rings (SSSR count). The Bertz CT molecular complexity index is 2880. The topological polar surface area (TPSA) is 200 Å². The Labute approximate surface area is 453 Å². The van der Waals surface area contributed by atoms with Crippen molar-refractivity contribution < 1.29 is 42.8 Å². The van der Waals surface area contributed by atoms with Crippen LogP contribution in [0.1, 0.15) is 75.8 Å². The molecule has 0 saturated carbocycles. The highest BCUT2D eigenvalue weighted by Gasteiger charge is 2.49. The molecule has 5 amide bonds. The maximum atomic E-state index is 15.4. The molecule has 1 aliphatic rings. The van der Waals surface area contributed by atoms with Crippen molar-refractivity contribution in [2.45, 2.75) is 109 Å². The lowest BCUT2D eigenvalue weighted by Gasteiger charge is -2.46. The zero-order chi connectivity index (χ0) is 55.4. The van der Waals surface area contributed by atoms with Gasteiger partial charge in [-0.25, -0.2) is 14.2 Å². The first-order valence-corrected chi connectivity index (χ1v) is 27.6. The van der Waals surface area contributed by atoms with E-state index >= 15 is 9.59 Å². The molecule has 5 aromatic carbocycles. The molecular weight excluding hydrogens is 992 g/mol. The van der Waals surface area contributed by atoms with Crippen LogP contribution in [0.25, 0.3) is 11.3 Å². The fourth-order valence-corrected chi connectivity index (χ4v) is 11.1. The second-order valence-corrected chi connectivity index (χ2v) is 23.3. The molecule has 15 nitrogen and oxygen atoms in total. The summed E-state index contributed by atoms with van der Waals surface area (Å²) in [5.74, 6) is -1.14. The number of ether oxygens (including phenoxy) is 1.